The van der Waals surface area contributed by atoms with Gasteiger partial charge in [-0.3, -0.25) is 4.79 Å². The first-order valence-corrected chi connectivity index (χ1v) is 3.94. The molecule has 0 aliphatic carbocycles. The third-order valence-electron chi connectivity index (χ3n) is 1.47. The van der Waals surface area contributed by atoms with E-state index in [-0.39, 0.29) is 0 Å². The van der Waals surface area contributed by atoms with Gasteiger partial charge in [0, 0.05) is 6.42 Å². The average molecular weight is 160 g/mol. The molecule has 0 unspecified atom stereocenters. The van der Waals surface area contributed by atoms with Gasteiger partial charge in [-0.2, -0.15) is 0 Å². The lowest BCUT2D eigenvalue weighted by atomic mass is 10.2. The second kappa shape index (κ2) is 4.34. The highest BCUT2D eigenvalue weighted by Gasteiger charge is 2.06. The minimum atomic E-state index is -0.689. The lowest BCUT2D eigenvalue weighted by Crippen LogP contribution is -2.35. The molecule has 66 valence electrons. The van der Waals surface area contributed by atoms with Crippen LogP contribution in [-0.2, 0) is 4.79 Å². The fourth-order valence-corrected chi connectivity index (χ4v) is 0.862. The molecule has 3 heteroatoms. The number of nitrogens with zero attached hydrogens (tertiary/aromatic N) is 1. The number of carbonyl (C=O) groups is 1. The van der Waals surface area contributed by atoms with Crippen LogP contribution in [0.4, 0.5) is 0 Å². The van der Waals surface area contributed by atoms with Crippen LogP contribution in [0.2, 0.25) is 0 Å². The smallest absolute Gasteiger partial charge is 0.303 e. The molecule has 0 aromatic rings. The van der Waals surface area contributed by atoms with Gasteiger partial charge in [-0.05, 0) is 12.8 Å². The Kier molecular flexibility index (Phi) is 4.11. The summed E-state index contributed by atoms with van der Waals surface area (Å²) in [6, 6.07) is 0. The van der Waals surface area contributed by atoms with E-state index < -0.39 is 5.97 Å². The maximum Gasteiger partial charge on any atom is 0.303 e. The van der Waals surface area contributed by atoms with Gasteiger partial charge in [-0.15, -0.1) is 0 Å². The van der Waals surface area contributed by atoms with E-state index in [0.717, 1.165) is 23.9 Å². The summed E-state index contributed by atoms with van der Waals surface area (Å²) in [6.07, 6.45) is 2.10. The number of rotatable bonds is 5. The molecule has 0 saturated carbocycles. The van der Waals surface area contributed by atoms with Crippen molar-refractivity contribution in [1.29, 1.82) is 0 Å². The Balaban J connectivity index is 3.22. The molecule has 0 saturated heterocycles. The van der Waals surface area contributed by atoms with Gasteiger partial charge in [-0.25, -0.2) is 0 Å². The number of carboxylic acids is 1. The molecule has 0 aliphatic heterocycles. The van der Waals surface area contributed by atoms with Crippen molar-refractivity contribution in [3.8, 4) is 0 Å². The lowest BCUT2D eigenvalue weighted by Gasteiger charge is -2.23. The van der Waals surface area contributed by atoms with E-state index in [9.17, 15) is 4.79 Å². The summed E-state index contributed by atoms with van der Waals surface area (Å²) in [5.74, 6) is -0.689. The highest BCUT2D eigenvalue weighted by atomic mass is 16.4. The molecule has 0 amide bonds. The van der Waals surface area contributed by atoms with Gasteiger partial charge < -0.3 is 9.59 Å². The van der Waals surface area contributed by atoms with E-state index in [1.807, 2.05) is 0 Å². The first-order chi connectivity index (χ1) is 4.92. The summed E-state index contributed by atoms with van der Waals surface area (Å²) in [5, 5.41) is 8.34. The number of carboxylic acid groups (broad SMARTS) is 1. The molecular weight excluding hydrogens is 142 g/mol. The van der Waals surface area contributed by atoms with E-state index in [2.05, 4.69) is 21.1 Å². The van der Waals surface area contributed by atoms with Crippen LogP contribution < -0.4 is 0 Å². The largest absolute Gasteiger partial charge is 0.481 e. The fourth-order valence-electron chi connectivity index (χ4n) is 0.862. The van der Waals surface area contributed by atoms with Crippen molar-refractivity contribution in [3.05, 3.63) is 0 Å². The van der Waals surface area contributed by atoms with E-state index in [1.54, 1.807) is 0 Å². The summed E-state index contributed by atoms with van der Waals surface area (Å²) in [7, 11) is 6.34. The molecule has 0 heterocycles. The molecule has 0 fully saturated rings. The first kappa shape index (κ1) is 10.4. The monoisotopic (exact) mass is 160 g/mol. The quantitative estimate of drug-likeness (QED) is 0.480. The summed E-state index contributed by atoms with van der Waals surface area (Å²) in [4.78, 5) is 10.1. The lowest BCUT2D eigenvalue weighted by molar-refractivity contribution is -0.870. The molecule has 3 nitrogen and oxygen atoms in total. The van der Waals surface area contributed by atoms with E-state index in [1.165, 1.54) is 0 Å². The van der Waals surface area contributed by atoms with Crippen molar-refractivity contribution < 1.29 is 14.4 Å². The topological polar surface area (TPSA) is 37.3 Å². The molecule has 0 rings (SSSR count). The molecule has 0 bridgehead atoms. The molecule has 0 atom stereocenters. The SMILES string of the molecule is C[N+](C)(C)CCCCC(=O)O. The van der Waals surface area contributed by atoms with Crippen LogP contribution in [0.1, 0.15) is 19.3 Å². The Morgan fingerprint density at radius 1 is 1.27 bits per heavy atom. The van der Waals surface area contributed by atoms with Crippen molar-refractivity contribution in [2.75, 3.05) is 27.7 Å². The normalized spacial score (nSPS) is 11.5. The Morgan fingerprint density at radius 3 is 2.18 bits per heavy atom. The standard InChI is InChI=1S/C8H17NO2/c1-9(2,3)7-5-4-6-8(10)11/h4-7H2,1-3H3/p+1. The van der Waals surface area contributed by atoms with Crippen molar-refractivity contribution in [2.45, 2.75) is 19.3 Å². The highest BCUT2D eigenvalue weighted by Crippen LogP contribution is 1.99. The van der Waals surface area contributed by atoms with Crippen molar-refractivity contribution in [1.82, 2.24) is 0 Å². The number of hydrogen-bond donors (Lipinski definition) is 1. The van der Waals surface area contributed by atoms with Crippen LogP contribution in [0.25, 0.3) is 0 Å². The number of hydrogen-bond acceptors (Lipinski definition) is 1. The molecule has 0 spiro atoms. The van der Waals surface area contributed by atoms with Crippen LogP contribution >= 0.6 is 0 Å². The maximum absolute atomic E-state index is 10.1. The summed E-state index contributed by atoms with van der Waals surface area (Å²) >= 11 is 0. The molecule has 0 aromatic carbocycles. The number of aliphatic carboxylic acids is 1. The summed E-state index contributed by atoms with van der Waals surface area (Å²) in [6.45, 7) is 1.05. The number of unbranched alkanes of at least 4 members (excludes halogenated alkanes) is 1. The van der Waals surface area contributed by atoms with Crippen LogP contribution in [0, 0.1) is 0 Å². The van der Waals surface area contributed by atoms with E-state index in [0.29, 0.717) is 6.42 Å². The Morgan fingerprint density at radius 2 is 1.82 bits per heavy atom. The molecule has 0 aromatic heterocycles. The highest BCUT2D eigenvalue weighted by molar-refractivity contribution is 5.66. The van der Waals surface area contributed by atoms with Crippen molar-refractivity contribution >= 4 is 5.97 Å². The fraction of sp³-hybridized carbons (Fsp3) is 0.875. The van der Waals surface area contributed by atoms with Crippen LogP contribution in [0.15, 0.2) is 0 Å². The van der Waals surface area contributed by atoms with Gasteiger partial charge >= 0.3 is 5.97 Å². The summed E-state index contributed by atoms with van der Waals surface area (Å²) < 4.78 is 0.916. The van der Waals surface area contributed by atoms with E-state index in [4.69, 9.17) is 5.11 Å². The minimum Gasteiger partial charge on any atom is -0.481 e. The van der Waals surface area contributed by atoms with Gasteiger partial charge in [0.1, 0.15) is 0 Å². The Labute approximate surface area is 68.2 Å². The second-order valence-electron chi connectivity index (χ2n) is 3.86. The van der Waals surface area contributed by atoms with Gasteiger partial charge in [-0.1, -0.05) is 0 Å². The first-order valence-electron chi connectivity index (χ1n) is 3.94. The van der Waals surface area contributed by atoms with Crippen LogP contribution in [-0.4, -0.2) is 43.2 Å². The van der Waals surface area contributed by atoms with Gasteiger partial charge in [0.2, 0.25) is 0 Å². The zero-order valence-corrected chi connectivity index (χ0v) is 7.63. The van der Waals surface area contributed by atoms with Gasteiger partial charge in [0.05, 0.1) is 27.7 Å². The summed E-state index contributed by atoms with van der Waals surface area (Å²) in [5.41, 5.74) is 0. The molecule has 0 radical (unpaired) electrons. The molecule has 0 aliphatic rings. The third kappa shape index (κ3) is 9.43. The average Bonchev–Trinajstić information content (AvgIpc) is 1.78. The Bertz CT molecular complexity index is 127. The third-order valence-corrected chi connectivity index (χ3v) is 1.47. The zero-order chi connectivity index (χ0) is 8.91. The molecular formula is C8H18NO2+. The predicted molar refractivity (Wildman–Crippen MR) is 44.4 cm³/mol. The second-order valence-corrected chi connectivity index (χ2v) is 3.86. The van der Waals surface area contributed by atoms with Gasteiger partial charge in [0.25, 0.3) is 0 Å². The number of quaternary nitrogens is 1. The maximum atomic E-state index is 10.1. The van der Waals surface area contributed by atoms with Crippen LogP contribution in [0.5, 0.6) is 0 Å². The molecule has 1 N–H and O–H groups in total. The predicted octanol–water partition coefficient (Wildman–Crippen LogP) is 0.948. The van der Waals surface area contributed by atoms with Crippen molar-refractivity contribution in [3.63, 3.8) is 0 Å². The zero-order valence-electron chi connectivity index (χ0n) is 7.63. The van der Waals surface area contributed by atoms with E-state index >= 15 is 0 Å². The Hall–Kier alpha value is -0.570. The molecule has 11 heavy (non-hydrogen) atoms. The van der Waals surface area contributed by atoms with Gasteiger partial charge in [0.15, 0.2) is 0 Å². The minimum absolute atomic E-state index is 0.306. The van der Waals surface area contributed by atoms with Crippen LogP contribution in [0.3, 0.4) is 0 Å². The van der Waals surface area contributed by atoms with Crippen molar-refractivity contribution in [2.24, 2.45) is 0 Å².